The molecule has 9 heteroatoms. The fourth-order valence-electron chi connectivity index (χ4n) is 2.17. The summed E-state index contributed by atoms with van der Waals surface area (Å²) in [6.07, 6.45) is 1.66. The predicted molar refractivity (Wildman–Crippen MR) is 89.4 cm³/mol. The molecule has 0 bridgehead atoms. The molecule has 0 aromatic carbocycles. The van der Waals surface area contributed by atoms with Crippen molar-refractivity contribution >= 4 is 49.6 Å². The van der Waals surface area contributed by atoms with Crippen LogP contribution in [0.25, 0.3) is 15.9 Å². The first kappa shape index (κ1) is 14.0. The van der Waals surface area contributed by atoms with Crippen molar-refractivity contribution in [2.24, 2.45) is 0 Å². The summed E-state index contributed by atoms with van der Waals surface area (Å²) in [5.41, 5.74) is 0.367. The molecule has 0 aliphatic carbocycles. The van der Waals surface area contributed by atoms with Gasteiger partial charge >= 0.3 is 0 Å². The van der Waals surface area contributed by atoms with Gasteiger partial charge in [0.1, 0.15) is 15.5 Å². The van der Waals surface area contributed by atoms with Crippen LogP contribution in [0.5, 0.6) is 0 Å². The zero-order valence-corrected chi connectivity index (χ0v) is 13.4. The fourth-order valence-corrected chi connectivity index (χ4v) is 3.68. The van der Waals surface area contributed by atoms with E-state index in [2.05, 4.69) is 20.5 Å². The van der Waals surface area contributed by atoms with E-state index in [0.29, 0.717) is 25.9 Å². The van der Waals surface area contributed by atoms with Crippen molar-refractivity contribution in [3.63, 3.8) is 0 Å². The molecule has 4 rings (SSSR count). The minimum atomic E-state index is -0.322. The lowest BCUT2D eigenvalue weighted by molar-refractivity contribution is 0.103. The van der Waals surface area contributed by atoms with Crippen molar-refractivity contribution in [1.82, 2.24) is 19.6 Å². The second kappa shape index (κ2) is 5.21. The van der Waals surface area contributed by atoms with Gasteiger partial charge in [0.25, 0.3) is 11.5 Å². The lowest BCUT2D eigenvalue weighted by atomic mass is 10.3. The number of carbonyl (C=O) groups is 1. The average Bonchev–Trinajstić information content (AvgIpc) is 3.14. The summed E-state index contributed by atoms with van der Waals surface area (Å²) in [7, 11) is 0. The van der Waals surface area contributed by atoms with Crippen LogP contribution in [0.2, 0.25) is 0 Å². The molecular formula is C14H9N5O2S2. The number of carbonyl (C=O) groups excluding carboxylic acids is 1. The summed E-state index contributed by atoms with van der Waals surface area (Å²) in [5, 5.41) is 12.0. The molecule has 1 N–H and O–H groups in total. The van der Waals surface area contributed by atoms with Gasteiger partial charge in [0.05, 0.1) is 10.3 Å². The Balaban J connectivity index is 1.79. The van der Waals surface area contributed by atoms with Crippen LogP contribution in [0.4, 0.5) is 5.13 Å². The molecule has 0 atom stereocenters. The molecule has 7 nitrogen and oxygen atoms in total. The van der Waals surface area contributed by atoms with Crippen LogP contribution in [0.1, 0.15) is 14.7 Å². The van der Waals surface area contributed by atoms with Crippen LogP contribution in [0.3, 0.4) is 0 Å². The van der Waals surface area contributed by atoms with Crippen molar-refractivity contribution in [1.29, 1.82) is 0 Å². The van der Waals surface area contributed by atoms with Gasteiger partial charge < -0.3 is 0 Å². The fraction of sp³-hybridized carbons (Fsp3) is 0.0714. The molecule has 0 saturated heterocycles. The first-order valence-corrected chi connectivity index (χ1v) is 8.27. The molecule has 4 aromatic rings. The summed E-state index contributed by atoms with van der Waals surface area (Å²) < 4.78 is 1.46. The number of fused-ring (bicyclic) bond motifs is 2. The van der Waals surface area contributed by atoms with Crippen LogP contribution >= 0.6 is 22.7 Å². The molecule has 0 radical (unpaired) electrons. The molecule has 0 unspecified atom stereocenters. The normalized spacial score (nSPS) is 11.2. The molecule has 4 heterocycles. The van der Waals surface area contributed by atoms with Gasteiger partial charge in [0.2, 0.25) is 5.13 Å². The van der Waals surface area contributed by atoms with Crippen molar-refractivity contribution in [2.75, 3.05) is 5.32 Å². The zero-order chi connectivity index (χ0) is 16.0. The highest BCUT2D eigenvalue weighted by atomic mass is 32.1. The van der Waals surface area contributed by atoms with Gasteiger partial charge in [-0.1, -0.05) is 17.4 Å². The highest BCUT2D eigenvalue weighted by molar-refractivity contribution is 7.20. The zero-order valence-electron chi connectivity index (χ0n) is 11.8. The van der Waals surface area contributed by atoms with Crippen LogP contribution in [-0.4, -0.2) is 25.5 Å². The number of nitrogens with zero attached hydrogens (tertiary/aromatic N) is 4. The van der Waals surface area contributed by atoms with Gasteiger partial charge in [-0.05, 0) is 25.1 Å². The van der Waals surface area contributed by atoms with E-state index >= 15 is 0 Å². The summed E-state index contributed by atoms with van der Waals surface area (Å²) in [5.74, 6) is -0.322. The van der Waals surface area contributed by atoms with Crippen molar-refractivity contribution < 1.29 is 4.79 Å². The molecule has 0 aliphatic heterocycles. The van der Waals surface area contributed by atoms with E-state index in [0.717, 1.165) is 5.01 Å². The Morgan fingerprint density at radius 1 is 1.26 bits per heavy atom. The van der Waals surface area contributed by atoms with Gasteiger partial charge in [-0.25, -0.2) is 4.98 Å². The summed E-state index contributed by atoms with van der Waals surface area (Å²) >= 11 is 2.47. The maximum absolute atomic E-state index is 12.5. The third-order valence-corrected chi connectivity index (χ3v) is 4.97. The third kappa shape index (κ3) is 2.39. The van der Waals surface area contributed by atoms with E-state index in [1.165, 1.54) is 27.1 Å². The quantitative estimate of drug-likeness (QED) is 0.603. The van der Waals surface area contributed by atoms with Crippen molar-refractivity contribution in [3.8, 4) is 0 Å². The third-order valence-electron chi connectivity index (χ3n) is 3.19. The Hall–Kier alpha value is -2.65. The number of nitrogens with one attached hydrogen (secondary N) is 1. The standard InChI is InChI=1S/C14H9N5O2S2/c1-7-17-18-14(22-7)16-11(20)9-6-8-12(23-9)15-10-4-2-3-5-19(10)13(8)21/h2-6H,1H3,(H,16,18,20). The minimum absolute atomic E-state index is 0.187. The molecular weight excluding hydrogens is 334 g/mol. The smallest absolute Gasteiger partial charge is 0.267 e. The van der Waals surface area contributed by atoms with Crippen LogP contribution in [0.15, 0.2) is 35.3 Å². The Morgan fingerprint density at radius 3 is 2.91 bits per heavy atom. The minimum Gasteiger partial charge on any atom is -0.296 e. The van der Waals surface area contributed by atoms with Gasteiger partial charge in [-0.15, -0.1) is 21.5 Å². The van der Waals surface area contributed by atoms with Crippen LogP contribution < -0.4 is 10.9 Å². The number of pyridine rings is 1. The second-order valence-corrected chi connectivity index (χ2v) is 6.97. The molecule has 4 aromatic heterocycles. The summed E-state index contributed by atoms with van der Waals surface area (Å²) in [6.45, 7) is 1.81. The monoisotopic (exact) mass is 343 g/mol. The molecule has 23 heavy (non-hydrogen) atoms. The van der Waals surface area contributed by atoms with E-state index < -0.39 is 0 Å². The Morgan fingerprint density at radius 2 is 2.13 bits per heavy atom. The van der Waals surface area contributed by atoms with E-state index in [-0.39, 0.29) is 11.5 Å². The number of anilines is 1. The highest BCUT2D eigenvalue weighted by Gasteiger charge is 2.16. The molecule has 0 fully saturated rings. The number of hydrogen-bond donors (Lipinski definition) is 1. The molecule has 114 valence electrons. The van der Waals surface area contributed by atoms with Crippen molar-refractivity contribution in [2.45, 2.75) is 6.92 Å². The molecule has 0 saturated carbocycles. The lowest BCUT2D eigenvalue weighted by Gasteiger charge is -1.97. The Labute approximate surface area is 137 Å². The van der Waals surface area contributed by atoms with Gasteiger partial charge in [-0.3, -0.25) is 19.3 Å². The number of thiophene rings is 1. The molecule has 1 amide bonds. The largest absolute Gasteiger partial charge is 0.296 e. The SMILES string of the molecule is Cc1nnc(NC(=O)c2cc3c(=O)n4ccccc4nc3s2)s1. The van der Waals surface area contributed by atoms with E-state index in [1.807, 2.05) is 13.0 Å². The highest BCUT2D eigenvalue weighted by Crippen LogP contribution is 2.23. The second-order valence-electron chi connectivity index (χ2n) is 4.76. The lowest BCUT2D eigenvalue weighted by Crippen LogP contribution is -2.13. The van der Waals surface area contributed by atoms with Gasteiger partial charge in [0, 0.05) is 6.20 Å². The Kier molecular flexibility index (Phi) is 3.17. The Bertz CT molecular complexity index is 1110. The average molecular weight is 343 g/mol. The number of aryl methyl sites for hydroxylation is 1. The van der Waals surface area contributed by atoms with Gasteiger partial charge in [0.15, 0.2) is 0 Å². The van der Waals surface area contributed by atoms with E-state index in [9.17, 15) is 9.59 Å². The maximum Gasteiger partial charge on any atom is 0.267 e. The first-order valence-electron chi connectivity index (χ1n) is 6.64. The number of amides is 1. The predicted octanol–water partition coefficient (Wildman–Crippen LogP) is 2.32. The number of aromatic nitrogens is 4. The topological polar surface area (TPSA) is 89.2 Å². The number of rotatable bonds is 2. The number of hydrogen-bond acceptors (Lipinski definition) is 7. The molecule has 0 spiro atoms. The van der Waals surface area contributed by atoms with Crippen molar-refractivity contribution in [3.05, 3.63) is 50.7 Å². The van der Waals surface area contributed by atoms with Crippen LogP contribution in [0, 0.1) is 6.92 Å². The van der Waals surface area contributed by atoms with Crippen LogP contribution in [-0.2, 0) is 0 Å². The maximum atomic E-state index is 12.5. The summed E-state index contributed by atoms with van der Waals surface area (Å²) in [4.78, 5) is 30.1. The van der Waals surface area contributed by atoms with E-state index in [1.54, 1.807) is 24.4 Å². The molecule has 0 aliphatic rings. The first-order chi connectivity index (χ1) is 11.1. The summed E-state index contributed by atoms with van der Waals surface area (Å²) in [6, 6.07) is 6.90. The van der Waals surface area contributed by atoms with E-state index in [4.69, 9.17) is 0 Å². The van der Waals surface area contributed by atoms with Gasteiger partial charge in [-0.2, -0.15) is 0 Å².